The van der Waals surface area contributed by atoms with Gasteiger partial charge in [0.05, 0.1) is 175 Å². The van der Waals surface area contributed by atoms with Crippen molar-refractivity contribution in [3.8, 4) is 0 Å². The van der Waals surface area contributed by atoms with Crippen LogP contribution in [0.5, 0.6) is 0 Å². The van der Waals surface area contributed by atoms with E-state index in [1.165, 1.54) is 30.8 Å². The molecule has 0 spiro atoms. The molecule has 0 bridgehead atoms. The maximum absolute atomic E-state index is 10.7. The minimum atomic E-state index is -3.28. The second kappa shape index (κ2) is 41.4. The molecule has 37 heteroatoms. The van der Waals surface area contributed by atoms with E-state index >= 15 is 0 Å². The normalized spacial score (nSPS) is 42.9. The van der Waals surface area contributed by atoms with Crippen molar-refractivity contribution >= 4 is 100 Å². The fraction of sp³-hybridized carbons (Fsp3) is 1.00. The summed E-state index contributed by atoms with van der Waals surface area (Å²) in [6, 6.07) is 0. The Bertz CT molecular complexity index is 2190. The van der Waals surface area contributed by atoms with Crippen LogP contribution >= 0.6 is 70.6 Å². The van der Waals surface area contributed by atoms with Crippen LogP contribution in [0.15, 0.2) is 0 Å². The smallest absolute Gasteiger partial charge is 0.164 e. The summed E-state index contributed by atoms with van der Waals surface area (Å²) in [6.45, 7) is 8.10. The van der Waals surface area contributed by atoms with Crippen molar-refractivity contribution in [1.82, 2.24) is 0 Å². The van der Waals surface area contributed by atoms with E-state index in [-0.39, 0.29) is 162 Å². The first-order valence-electron chi connectivity index (χ1n) is 33.7. The molecule has 16 heterocycles. The van der Waals surface area contributed by atoms with Gasteiger partial charge in [-0.2, -0.15) is 0 Å². The van der Waals surface area contributed by atoms with Gasteiger partial charge in [0.15, 0.2) is 24.8 Å². The first-order chi connectivity index (χ1) is 46.9. The molecule has 24 atom stereocenters. The lowest BCUT2D eigenvalue weighted by Crippen LogP contribution is -2.32. The lowest BCUT2D eigenvalue weighted by Gasteiger charge is -2.12. The first-order valence-corrected chi connectivity index (χ1v) is 45.5. The Hall–Kier alpha value is 1.07. The third-order valence-electron chi connectivity index (χ3n) is 19.7. The molecule has 0 aromatic heterocycles. The van der Waals surface area contributed by atoms with E-state index < -0.39 is 34.6 Å². The Kier molecular flexibility index (Phi) is 35.1. The molecule has 18 aliphatic rings. The number of hydrogen-bond donors (Lipinski definition) is 8. The fourth-order valence-electron chi connectivity index (χ4n) is 14.5. The highest BCUT2D eigenvalue weighted by Gasteiger charge is 2.51. The quantitative estimate of drug-likeness (QED) is 0.158. The molecule has 18 rings (SSSR count). The van der Waals surface area contributed by atoms with Crippen molar-refractivity contribution in [2.45, 2.75) is 175 Å². The van der Waals surface area contributed by atoms with E-state index in [1.807, 2.05) is 35.3 Å². The fourth-order valence-corrected chi connectivity index (χ4v) is 29.3. The van der Waals surface area contributed by atoms with Crippen LogP contribution in [-0.2, 0) is 95.8 Å². The second-order valence-electron chi connectivity index (χ2n) is 26.1. The van der Waals surface area contributed by atoms with Crippen LogP contribution in [0.4, 0.5) is 0 Å². The zero-order valence-corrected chi connectivity index (χ0v) is 62.1. The average Bonchev–Trinajstić information content (AvgIpc) is 1.72. The van der Waals surface area contributed by atoms with Crippen LogP contribution in [-0.4, -0.2) is 353 Å². The number of aliphatic hydroxyl groups excluding tert-OH is 8. The number of aliphatic hydroxyl groups is 8. The summed E-state index contributed by atoms with van der Waals surface area (Å²) < 4.78 is 137. The number of sulfone groups is 3. The molecule has 16 aliphatic heterocycles. The van der Waals surface area contributed by atoms with Gasteiger partial charge in [0.25, 0.3) is 0 Å². The SMILES string of the molecule is C1CC2COCC2C1.C1OC2COCC2O1.C1OC2COCC2S1.C1SC2COCC2S1.O=S1(=O)CCCC1.O=S1(=O)CCCS(=O)(=O)C1.OCC1OC(CO)C2CCCC12.OCC1OC(CO)C2OCOC12.OCC1OC(CO)C2SCOC12.OCC1OC(CO)C2SCSC12. The van der Waals surface area contributed by atoms with Crippen LogP contribution in [0.3, 0.4) is 0 Å². The highest BCUT2D eigenvalue weighted by molar-refractivity contribution is 8.20. The monoisotopic (exact) mass is 1560 g/mol. The summed E-state index contributed by atoms with van der Waals surface area (Å²) in [5.41, 5.74) is 0. The molecule has 566 valence electrons. The standard InChI is InChI=1S/C9H16O3.C7H12O5.C7H12O4S.C7H12O3S2.C7H12O.C5H8O3.C5H8O2S.C5H8OS2.C4H8O4S2.C4H8O2S/c10-4-8-6-2-1-3-7(6)9(5-11)12-8;8-1-4-6-7(11-3-10-6)5(2-9)12-4;8-1-4-6-7(12-3-10-6)5(2-9)11-4;8-1-4-6-7(12-3-11-6)5(2-9)10-4;1-2-6-4-8-5-7(6)3-1;3*1-4-5(2-6-1)8-3-7-4;5-9(6)2-1-3-10(7,8)4-9;5-7(6)3-1-2-4-7/h6-11H,1-5H2;3*4-9H,1-3H2;6-7H,1-5H2;3*4-5H,1-3H2;1-4H2;1-4H2. The maximum Gasteiger partial charge on any atom is 0.164 e. The zero-order valence-electron chi connectivity index (χ0n) is 54.7. The Morgan fingerprint density at radius 3 is 1.22 bits per heavy atom. The Balaban J connectivity index is 0.000000127. The molecule has 0 aromatic carbocycles. The van der Waals surface area contributed by atoms with Gasteiger partial charge in [-0.05, 0) is 68.6 Å². The zero-order chi connectivity index (χ0) is 69.0. The number of fused-ring (bicyclic) bond motifs is 8. The largest absolute Gasteiger partial charge is 0.394 e. The molecule has 18 fully saturated rings. The number of ether oxygens (including phenoxy) is 14. The molecular weight excluding hydrogens is 1460 g/mol. The summed E-state index contributed by atoms with van der Waals surface area (Å²) in [4.78, 5) is 0. The number of hydrogen-bond acceptors (Lipinski definition) is 34. The van der Waals surface area contributed by atoms with E-state index in [9.17, 15) is 25.3 Å². The molecule has 28 nitrogen and oxygen atoms in total. The Morgan fingerprint density at radius 2 is 0.722 bits per heavy atom. The predicted octanol–water partition coefficient (Wildman–Crippen LogP) is -0.0266. The lowest BCUT2D eigenvalue weighted by molar-refractivity contribution is -0.0969. The number of thioether (sulfide) groups is 6. The maximum atomic E-state index is 10.7. The molecule has 24 unspecified atom stereocenters. The lowest BCUT2D eigenvalue weighted by atomic mass is 9.91. The van der Waals surface area contributed by atoms with E-state index in [0.717, 1.165) is 98.7 Å². The van der Waals surface area contributed by atoms with Gasteiger partial charge in [0, 0.05) is 44.4 Å². The predicted molar refractivity (Wildman–Crippen MR) is 368 cm³/mol. The van der Waals surface area contributed by atoms with Crippen LogP contribution in [0, 0.1) is 23.7 Å². The van der Waals surface area contributed by atoms with E-state index in [4.69, 9.17) is 107 Å². The molecule has 8 N–H and O–H groups in total. The first kappa shape index (κ1) is 82.1. The van der Waals surface area contributed by atoms with E-state index in [2.05, 4.69) is 23.5 Å². The van der Waals surface area contributed by atoms with Crippen molar-refractivity contribution in [2.24, 2.45) is 23.7 Å². The summed E-state index contributed by atoms with van der Waals surface area (Å²) in [5.74, 6) is 5.33. The second-order valence-corrected chi connectivity index (χ2v) is 41.0. The third-order valence-corrected chi connectivity index (χ3v) is 34.8. The minimum Gasteiger partial charge on any atom is -0.394 e. The molecule has 16 saturated heterocycles. The van der Waals surface area contributed by atoms with Crippen molar-refractivity contribution in [3.05, 3.63) is 0 Å². The molecule has 0 aromatic rings. The average molecular weight is 1560 g/mol. The Morgan fingerprint density at radius 1 is 0.320 bits per heavy atom. The molecule has 2 aliphatic carbocycles. The molecule has 97 heavy (non-hydrogen) atoms. The molecule has 0 amide bonds. The van der Waals surface area contributed by atoms with E-state index in [1.54, 1.807) is 11.8 Å². The molecule has 2 saturated carbocycles. The minimum absolute atomic E-state index is 0.00495. The van der Waals surface area contributed by atoms with Crippen molar-refractivity contribution < 1.29 is 132 Å². The topological polar surface area (TPSA) is 393 Å². The van der Waals surface area contributed by atoms with Crippen LogP contribution < -0.4 is 0 Å². The van der Waals surface area contributed by atoms with Gasteiger partial charge in [0.1, 0.15) is 72.3 Å². The highest BCUT2D eigenvalue weighted by Crippen LogP contribution is 2.47. The van der Waals surface area contributed by atoms with Gasteiger partial charge in [-0.3, -0.25) is 0 Å². The van der Waals surface area contributed by atoms with Gasteiger partial charge in [-0.1, -0.05) is 12.8 Å². The summed E-state index contributed by atoms with van der Waals surface area (Å²) >= 11 is 11.3. The van der Waals surface area contributed by atoms with Crippen molar-refractivity contribution in [2.75, 3.05) is 169 Å². The van der Waals surface area contributed by atoms with Gasteiger partial charge in [-0.25, -0.2) is 25.3 Å². The molecule has 0 radical (unpaired) electrons. The van der Waals surface area contributed by atoms with Crippen molar-refractivity contribution in [3.63, 3.8) is 0 Å². The van der Waals surface area contributed by atoms with Gasteiger partial charge in [-0.15, -0.1) is 70.6 Å². The van der Waals surface area contributed by atoms with Gasteiger partial charge < -0.3 is 107 Å². The summed E-state index contributed by atoms with van der Waals surface area (Å²) in [5, 5.41) is 76.7. The third kappa shape index (κ3) is 23.8. The van der Waals surface area contributed by atoms with Gasteiger partial charge >= 0.3 is 0 Å². The van der Waals surface area contributed by atoms with Crippen LogP contribution in [0.1, 0.15) is 57.8 Å². The van der Waals surface area contributed by atoms with Crippen LogP contribution in [0.25, 0.3) is 0 Å². The number of rotatable bonds is 8. The Labute approximate surface area is 596 Å². The molecular formula is C60H104O28S9. The summed E-state index contributed by atoms with van der Waals surface area (Å²) in [6.07, 6.45) is 9.05. The van der Waals surface area contributed by atoms with Crippen LogP contribution in [0.2, 0.25) is 0 Å². The highest BCUT2D eigenvalue weighted by atomic mass is 32.3. The van der Waals surface area contributed by atoms with Crippen molar-refractivity contribution in [1.29, 1.82) is 0 Å². The van der Waals surface area contributed by atoms with Gasteiger partial charge in [0.2, 0.25) is 0 Å². The summed E-state index contributed by atoms with van der Waals surface area (Å²) in [7, 11) is -9.10. The van der Waals surface area contributed by atoms with E-state index in [0.29, 0.717) is 71.1 Å².